The third-order valence-corrected chi connectivity index (χ3v) is 3.47. The number of ether oxygens (including phenoxy) is 2. The van der Waals surface area contributed by atoms with Crippen LogP contribution in [0.3, 0.4) is 0 Å². The first-order valence-corrected chi connectivity index (χ1v) is 7.38. The van der Waals surface area contributed by atoms with E-state index >= 15 is 0 Å². The van der Waals surface area contributed by atoms with Crippen molar-refractivity contribution in [1.29, 1.82) is 0 Å². The van der Waals surface area contributed by atoms with Crippen LogP contribution in [0.15, 0.2) is 60.7 Å². The van der Waals surface area contributed by atoms with Crippen LogP contribution in [0.2, 0.25) is 0 Å². The van der Waals surface area contributed by atoms with Crippen LogP contribution < -0.4 is 0 Å². The lowest BCUT2D eigenvalue weighted by atomic mass is 9.96. The lowest BCUT2D eigenvalue weighted by Gasteiger charge is -2.17. The molecule has 3 nitrogen and oxygen atoms in total. The van der Waals surface area contributed by atoms with Crippen molar-refractivity contribution in [2.24, 2.45) is 0 Å². The molecule has 1 heterocycles. The number of carbonyl (C=O) groups excluding carboxylic acids is 1. The van der Waals surface area contributed by atoms with Gasteiger partial charge in [0.25, 0.3) is 0 Å². The lowest BCUT2D eigenvalue weighted by molar-refractivity contribution is -0.161. The van der Waals surface area contributed by atoms with Crippen molar-refractivity contribution in [2.45, 2.75) is 26.2 Å². The van der Waals surface area contributed by atoms with Gasteiger partial charge in [0.1, 0.15) is 0 Å². The Balaban J connectivity index is 2.15. The zero-order valence-electron chi connectivity index (χ0n) is 12.7. The van der Waals surface area contributed by atoms with E-state index in [0.717, 1.165) is 16.7 Å². The van der Waals surface area contributed by atoms with Gasteiger partial charge in [-0.05, 0) is 25.0 Å². The van der Waals surface area contributed by atoms with Gasteiger partial charge in [0.15, 0.2) is 0 Å². The number of hydrogen-bond acceptors (Lipinski definition) is 3. The van der Waals surface area contributed by atoms with Crippen LogP contribution in [0.25, 0.3) is 11.1 Å². The van der Waals surface area contributed by atoms with E-state index in [0.29, 0.717) is 5.57 Å². The summed E-state index contributed by atoms with van der Waals surface area (Å²) in [6, 6.07) is 19.4. The molecule has 0 N–H and O–H groups in total. The summed E-state index contributed by atoms with van der Waals surface area (Å²) >= 11 is 0. The van der Waals surface area contributed by atoms with Crippen molar-refractivity contribution < 1.29 is 14.3 Å². The fraction of sp³-hybridized carbons (Fsp3) is 0.211. The molecule has 0 spiro atoms. The van der Waals surface area contributed by atoms with E-state index in [1.807, 2.05) is 74.5 Å². The fourth-order valence-electron chi connectivity index (χ4n) is 2.56. The van der Waals surface area contributed by atoms with Gasteiger partial charge in [-0.1, -0.05) is 60.7 Å². The van der Waals surface area contributed by atoms with Gasteiger partial charge in [0, 0.05) is 5.57 Å². The molecule has 1 atom stereocenters. The van der Waals surface area contributed by atoms with E-state index in [9.17, 15) is 4.79 Å². The number of hydrogen-bond donors (Lipinski definition) is 0. The lowest BCUT2D eigenvalue weighted by Crippen LogP contribution is -2.20. The first-order valence-electron chi connectivity index (χ1n) is 7.38. The van der Waals surface area contributed by atoms with E-state index in [4.69, 9.17) is 9.47 Å². The monoisotopic (exact) mass is 294 g/mol. The highest BCUT2D eigenvalue weighted by atomic mass is 16.7. The third kappa shape index (κ3) is 2.81. The minimum absolute atomic E-state index is 0.0355. The van der Waals surface area contributed by atoms with E-state index in [-0.39, 0.29) is 12.1 Å². The van der Waals surface area contributed by atoms with Crippen LogP contribution in [0.1, 0.15) is 25.0 Å². The van der Waals surface area contributed by atoms with Crippen molar-refractivity contribution in [3.05, 3.63) is 71.8 Å². The molecule has 0 aromatic heterocycles. The molecule has 22 heavy (non-hydrogen) atoms. The molecule has 1 aliphatic rings. The molecule has 0 bridgehead atoms. The SMILES string of the molecule is CC(C)OC1OC(=O)C(c2ccccc2)=C1c1ccccc1. The topological polar surface area (TPSA) is 35.5 Å². The second kappa shape index (κ2) is 6.16. The zero-order chi connectivity index (χ0) is 15.5. The Kier molecular flexibility index (Phi) is 4.07. The average Bonchev–Trinajstić information content (AvgIpc) is 2.84. The maximum Gasteiger partial charge on any atom is 0.341 e. The molecule has 1 unspecified atom stereocenters. The number of benzene rings is 2. The number of rotatable bonds is 4. The standard InChI is InChI=1S/C19H18O3/c1-13(2)21-19-17(15-11-7-4-8-12-15)16(18(20)22-19)14-9-5-3-6-10-14/h3-13,19H,1-2H3. The molecular formula is C19H18O3. The summed E-state index contributed by atoms with van der Waals surface area (Å²) in [5.41, 5.74) is 3.17. The second-order valence-corrected chi connectivity index (χ2v) is 5.44. The van der Waals surface area contributed by atoms with Gasteiger partial charge in [-0.25, -0.2) is 4.79 Å². The van der Waals surface area contributed by atoms with Crippen LogP contribution in [0.4, 0.5) is 0 Å². The largest absolute Gasteiger partial charge is 0.428 e. The quantitative estimate of drug-likeness (QED) is 0.802. The fourth-order valence-corrected chi connectivity index (χ4v) is 2.56. The first-order chi connectivity index (χ1) is 10.7. The number of cyclic esters (lactones) is 1. The van der Waals surface area contributed by atoms with Gasteiger partial charge < -0.3 is 9.47 Å². The van der Waals surface area contributed by atoms with Gasteiger partial charge in [-0.3, -0.25) is 0 Å². The van der Waals surface area contributed by atoms with Gasteiger partial charge in [-0.15, -0.1) is 0 Å². The minimum Gasteiger partial charge on any atom is -0.428 e. The van der Waals surface area contributed by atoms with Crippen molar-refractivity contribution in [2.75, 3.05) is 0 Å². The van der Waals surface area contributed by atoms with Gasteiger partial charge >= 0.3 is 5.97 Å². The van der Waals surface area contributed by atoms with Crippen LogP contribution in [0.5, 0.6) is 0 Å². The molecule has 2 aromatic carbocycles. The summed E-state index contributed by atoms with van der Waals surface area (Å²) in [6.45, 7) is 3.86. The Bertz CT molecular complexity index is 687. The average molecular weight is 294 g/mol. The van der Waals surface area contributed by atoms with E-state index < -0.39 is 6.29 Å². The molecule has 0 saturated heterocycles. The van der Waals surface area contributed by atoms with E-state index in [1.165, 1.54) is 0 Å². The molecule has 1 aliphatic heterocycles. The summed E-state index contributed by atoms with van der Waals surface area (Å²) < 4.78 is 11.3. The van der Waals surface area contributed by atoms with Crippen molar-refractivity contribution in [1.82, 2.24) is 0 Å². The number of carbonyl (C=O) groups is 1. The highest BCUT2D eigenvalue weighted by Crippen LogP contribution is 2.38. The summed E-state index contributed by atoms with van der Waals surface area (Å²) in [6.07, 6.45) is -0.697. The molecule has 0 saturated carbocycles. The third-order valence-electron chi connectivity index (χ3n) is 3.47. The van der Waals surface area contributed by atoms with Gasteiger partial charge in [-0.2, -0.15) is 0 Å². The Morgan fingerprint density at radius 1 is 0.909 bits per heavy atom. The Morgan fingerprint density at radius 2 is 1.45 bits per heavy atom. The molecule has 0 fully saturated rings. The summed E-state index contributed by atoms with van der Waals surface area (Å²) in [4.78, 5) is 12.4. The van der Waals surface area contributed by atoms with E-state index in [2.05, 4.69) is 0 Å². The summed E-state index contributed by atoms with van der Waals surface area (Å²) in [7, 11) is 0. The van der Waals surface area contributed by atoms with Crippen molar-refractivity contribution >= 4 is 17.1 Å². The smallest absolute Gasteiger partial charge is 0.341 e. The molecular weight excluding hydrogens is 276 g/mol. The molecule has 3 rings (SSSR count). The Hall–Kier alpha value is -2.39. The first kappa shape index (κ1) is 14.5. The maximum atomic E-state index is 12.4. The van der Waals surface area contributed by atoms with Gasteiger partial charge in [0.05, 0.1) is 11.7 Å². The molecule has 3 heteroatoms. The van der Waals surface area contributed by atoms with Gasteiger partial charge in [0.2, 0.25) is 6.29 Å². The molecule has 112 valence electrons. The molecule has 0 radical (unpaired) electrons. The normalized spacial score (nSPS) is 18.0. The molecule has 0 aliphatic carbocycles. The predicted molar refractivity (Wildman–Crippen MR) is 85.8 cm³/mol. The Morgan fingerprint density at radius 3 is 2.00 bits per heavy atom. The molecule has 0 amide bonds. The Labute approximate surface area is 130 Å². The maximum absolute atomic E-state index is 12.4. The predicted octanol–water partition coefficient (Wildman–Crippen LogP) is 3.91. The summed E-state index contributed by atoms with van der Waals surface area (Å²) in [5.74, 6) is -0.337. The summed E-state index contributed by atoms with van der Waals surface area (Å²) in [5, 5.41) is 0. The van der Waals surface area contributed by atoms with Crippen LogP contribution in [-0.2, 0) is 14.3 Å². The van der Waals surface area contributed by atoms with Crippen molar-refractivity contribution in [3.8, 4) is 0 Å². The molecule has 2 aromatic rings. The minimum atomic E-state index is -0.662. The van der Waals surface area contributed by atoms with Crippen LogP contribution in [-0.4, -0.2) is 18.4 Å². The van der Waals surface area contributed by atoms with Crippen LogP contribution >= 0.6 is 0 Å². The zero-order valence-corrected chi connectivity index (χ0v) is 12.7. The van der Waals surface area contributed by atoms with E-state index in [1.54, 1.807) is 0 Å². The second-order valence-electron chi connectivity index (χ2n) is 5.44. The van der Waals surface area contributed by atoms with Crippen molar-refractivity contribution in [3.63, 3.8) is 0 Å². The highest BCUT2D eigenvalue weighted by Gasteiger charge is 2.36. The number of esters is 1. The van der Waals surface area contributed by atoms with Crippen LogP contribution in [0, 0.1) is 0 Å². The highest BCUT2D eigenvalue weighted by molar-refractivity contribution is 6.27.